The normalized spacial score (nSPS) is 10.8. The second-order valence-electron chi connectivity index (χ2n) is 7.65. The number of anilines is 2. The van der Waals surface area contributed by atoms with Crippen LogP contribution in [0.2, 0.25) is 20.1 Å². The molecule has 0 aliphatic rings. The molecule has 188 valence electrons. The van der Waals surface area contributed by atoms with Crippen LogP contribution in [0.25, 0.3) is 10.8 Å². The highest BCUT2D eigenvalue weighted by molar-refractivity contribution is 8.00. The summed E-state index contributed by atoms with van der Waals surface area (Å²) < 4.78 is 0. The Balaban J connectivity index is 1.42. The van der Waals surface area contributed by atoms with Gasteiger partial charge in [0.15, 0.2) is 0 Å². The van der Waals surface area contributed by atoms with E-state index in [9.17, 15) is 19.5 Å². The second kappa shape index (κ2) is 11.6. The molecule has 0 aromatic heterocycles. The molecule has 0 radical (unpaired) electrons. The van der Waals surface area contributed by atoms with Crippen LogP contribution in [0.15, 0.2) is 71.6 Å². The molecule has 37 heavy (non-hydrogen) atoms. The highest BCUT2D eigenvalue weighted by atomic mass is 35.5. The predicted molar refractivity (Wildman–Crippen MR) is 151 cm³/mol. The van der Waals surface area contributed by atoms with Crippen molar-refractivity contribution < 1.29 is 19.5 Å². The number of benzene rings is 4. The van der Waals surface area contributed by atoms with Crippen LogP contribution in [0.3, 0.4) is 0 Å². The third kappa shape index (κ3) is 5.98. The van der Waals surface area contributed by atoms with Gasteiger partial charge in [0.1, 0.15) is 0 Å². The number of thioether (sulfide) groups is 1. The molecule has 0 bridgehead atoms. The molecule has 0 heterocycles. The fourth-order valence-corrected chi connectivity index (χ4v) is 5.26. The topological polar surface area (TPSA) is 95.5 Å². The summed E-state index contributed by atoms with van der Waals surface area (Å²) in [6.07, 6.45) is 0. The first-order valence-corrected chi connectivity index (χ1v) is 13.1. The molecule has 0 aliphatic heterocycles. The van der Waals surface area contributed by atoms with Crippen molar-refractivity contribution >= 4 is 98.1 Å². The van der Waals surface area contributed by atoms with E-state index in [2.05, 4.69) is 10.6 Å². The average Bonchev–Trinajstić information content (AvgIpc) is 2.89. The van der Waals surface area contributed by atoms with E-state index < -0.39 is 23.0 Å². The first-order chi connectivity index (χ1) is 17.7. The number of amides is 2. The molecule has 0 saturated carbocycles. The molecule has 0 atom stereocenters. The second-order valence-corrected chi connectivity index (χ2v) is 10.2. The van der Waals surface area contributed by atoms with Crippen molar-refractivity contribution in [1.82, 2.24) is 0 Å². The van der Waals surface area contributed by atoms with Crippen molar-refractivity contribution in [2.75, 3.05) is 16.4 Å². The minimum atomic E-state index is -1.48. The maximum Gasteiger partial charge on any atom is 0.338 e. The van der Waals surface area contributed by atoms with E-state index in [1.165, 1.54) is 11.8 Å². The zero-order valence-corrected chi connectivity index (χ0v) is 22.5. The maximum atomic E-state index is 12.9. The standard InChI is InChI=1S/C26H16Cl4N2O4S/c27-21-19(20(26(35)36)22(28)24(30)23(21)29)25(34)31-14-8-10-15(11-9-14)37-12-18(33)32-17-7-3-5-13-4-1-2-6-16(13)17/h1-11H,12H2,(H,31,34)(H,32,33)(H,35,36). The zero-order chi connectivity index (χ0) is 26.7. The lowest BCUT2D eigenvalue weighted by atomic mass is 10.1. The van der Waals surface area contributed by atoms with E-state index in [0.717, 1.165) is 21.4 Å². The summed E-state index contributed by atoms with van der Waals surface area (Å²) in [7, 11) is 0. The monoisotopic (exact) mass is 592 g/mol. The number of rotatable bonds is 7. The molecular formula is C26H16Cl4N2O4S. The Kier molecular flexibility index (Phi) is 8.52. The summed E-state index contributed by atoms with van der Waals surface area (Å²) >= 11 is 25.4. The molecule has 0 fully saturated rings. The fraction of sp³-hybridized carbons (Fsp3) is 0.0385. The minimum Gasteiger partial charge on any atom is -0.478 e. The molecular weight excluding hydrogens is 578 g/mol. The van der Waals surface area contributed by atoms with E-state index >= 15 is 0 Å². The van der Waals surface area contributed by atoms with Gasteiger partial charge in [-0.1, -0.05) is 82.8 Å². The van der Waals surface area contributed by atoms with Gasteiger partial charge in [0.25, 0.3) is 5.91 Å². The molecule has 0 unspecified atom stereocenters. The van der Waals surface area contributed by atoms with Gasteiger partial charge in [-0.15, -0.1) is 11.8 Å². The van der Waals surface area contributed by atoms with E-state index in [4.69, 9.17) is 46.4 Å². The quantitative estimate of drug-likeness (QED) is 0.114. The number of aromatic carboxylic acids is 1. The van der Waals surface area contributed by atoms with Crippen molar-refractivity contribution in [2.45, 2.75) is 4.90 Å². The van der Waals surface area contributed by atoms with E-state index in [1.54, 1.807) is 24.3 Å². The van der Waals surface area contributed by atoms with Gasteiger partial charge in [0.2, 0.25) is 5.91 Å². The third-order valence-electron chi connectivity index (χ3n) is 5.25. The Labute approximate surface area is 235 Å². The molecule has 0 spiro atoms. The van der Waals surface area contributed by atoms with Gasteiger partial charge in [0, 0.05) is 21.7 Å². The van der Waals surface area contributed by atoms with Crippen molar-refractivity contribution in [3.8, 4) is 0 Å². The molecule has 4 aromatic rings. The molecule has 6 nitrogen and oxygen atoms in total. The number of hydrogen-bond donors (Lipinski definition) is 3. The van der Waals surface area contributed by atoms with Gasteiger partial charge in [-0.3, -0.25) is 9.59 Å². The van der Waals surface area contributed by atoms with Crippen LogP contribution in [0.4, 0.5) is 11.4 Å². The maximum absolute atomic E-state index is 12.9. The predicted octanol–water partition coefficient (Wildman–Crippen LogP) is 8.13. The van der Waals surface area contributed by atoms with Crippen LogP contribution in [0, 0.1) is 0 Å². The summed E-state index contributed by atoms with van der Waals surface area (Å²) in [5.41, 5.74) is 0.146. The smallest absolute Gasteiger partial charge is 0.338 e. The number of hydrogen-bond acceptors (Lipinski definition) is 4. The van der Waals surface area contributed by atoms with Crippen LogP contribution in [0.1, 0.15) is 20.7 Å². The Morgan fingerprint density at radius 2 is 1.35 bits per heavy atom. The number of carboxylic acids is 1. The summed E-state index contributed by atoms with van der Waals surface area (Å²) in [5.74, 6) is -2.29. The lowest BCUT2D eigenvalue weighted by Gasteiger charge is -2.14. The van der Waals surface area contributed by atoms with Crippen LogP contribution in [-0.2, 0) is 4.79 Å². The van der Waals surface area contributed by atoms with E-state index in [1.807, 2.05) is 42.5 Å². The number of carboxylic acid groups (broad SMARTS) is 1. The molecule has 4 aromatic carbocycles. The lowest BCUT2D eigenvalue weighted by Crippen LogP contribution is -2.18. The highest BCUT2D eigenvalue weighted by Gasteiger charge is 2.28. The Bertz CT molecular complexity index is 1540. The molecule has 3 N–H and O–H groups in total. The first kappa shape index (κ1) is 27.1. The number of fused-ring (bicyclic) bond motifs is 1. The number of carbonyl (C=O) groups excluding carboxylic acids is 2. The highest BCUT2D eigenvalue weighted by Crippen LogP contribution is 2.41. The van der Waals surface area contributed by atoms with Gasteiger partial charge in [0.05, 0.1) is 37.0 Å². The van der Waals surface area contributed by atoms with Gasteiger partial charge in [-0.2, -0.15) is 0 Å². The minimum absolute atomic E-state index is 0.161. The summed E-state index contributed by atoms with van der Waals surface area (Å²) in [5, 5.41) is 15.8. The number of nitrogens with one attached hydrogen (secondary N) is 2. The Morgan fingerprint density at radius 3 is 2.03 bits per heavy atom. The van der Waals surface area contributed by atoms with Crippen molar-refractivity contribution in [1.29, 1.82) is 0 Å². The third-order valence-corrected chi connectivity index (χ3v) is 8.07. The summed E-state index contributed by atoms with van der Waals surface area (Å²) in [6.45, 7) is 0. The number of carbonyl (C=O) groups is 3. The van der Waals surface area contributed by atoms with Crippen molar-refractivity contribution in [3.63, 3.8) is 0 Å². The SMILES string of the molecule is O=C(CSc1ccc(NC(=O)c2c(Cl)c(Cl)c(Cl)c(Cl)c2C(=O)O)cc1)Nc1cccc2ccccc12. The van der Waals surface area contributed by atoms with Crippen molar-refractivity contribution in [2.24, 2.45) is 0 Å². The zero-order valence-electron chi connectivity index (χ0n) is 18.7. The van der Waals surface area contributed by atoms with Crippen LogP contribution < -0.4 is 10.6 Å². The van der Waals surface area contributed by atoms with Crippen molar-refractivity contribution in [3.05, 3.63) is 97.9 Å². The van der Waals surface area contributed by atoms with Gasteiger partial charge >= 0.3 is 5.97 Å². The van der Waals surface area contributed by atoms with Crippen LogP contribution in [0.5, 0.6) is 0 Å². The van der Waals surface area contributed by atoms with Gasteiger partial charge in [-0.05, 0) is 35.7 Å². The Morgan fingerprint density at radius 1 is 0.730 bits per heavy atom. The fourth-order valence-electron chi connectivity index (χ4n) is 3.54. The van der Waals surface area contributed by atoms with E-state index in [-0.39, 0.29) is 31.8 Å². The largest absolute Gasteiger partial charge is 0.478 e. The molecule has 0 saturated heterocycles. The molecule has 11 heteroatoms. The Hall–Kier alpha value is -2.94. The number of halogens is 4. The summed E-state index contributed by atoms with van der Waals surface area (Å²) in [6, 6.07) is 20.1. The summed E-state index contributed by atoms with van der Waals surface area (Å²) in [4.78, 5) is 37.9. The van der Waals surface area contributed by atoms with Crippen LogP contribution >= 0.6 is 58.2 Å². The van der Waals surface area contributed by atoms with Gasteiger partial charge < -0.3 is 15.7 Å². The average molecular weight is 594 g/mol. The molecule has 0 aliphatic carbocycles. The van der Waals surface area contributed by atoms with E-state index in [0.29, 0.717) is 5.69 Å². The van der Waals surface area contributed by atoms with Crippen LogP contribution in [-0.4, -0.2) is 28.6 Å². The molecule has 4 rings (SSSR count). The van der Waals surface area contributed by atoms with Gasteiger partial charge in [-0.25, -0.2) is 4.79 Å². The molecule has 2 amide bonds. The lowest BCUT2D eigenvalue weighted by molar-refractivity contribution is -0.113. The first-order valence-electron chi connectivity index (χ1n) is 10.6.